The highest BCUT2D eigenvalue weighted by molar-refractivity contribution is 7.15. The molecule has 0 aliphatic heterocycles. The van der Waals surface area contributed by atoms with Gasteiger partial charge in [0.15, 0.2) is 10.7 Å². The number of aromatic hydroxyl groups is 1. The van der Waals surface area contributed by atoms with Gasteiger partial charge in [-0.2, -0.15) is 0 Å². The molecule has 3 heterocycles. The number of imidazole rings is 1. The van der Waals surface area contributed by atoms with Gasteiger partial charge in [0.05, 0.1) is 0 Å². The van der Waals surface area contributed by atoms with Crippen molar-refractivity contribution in [1.82, 2.24) is 29.6 Å². The third kappa shape index (κ3) is 4.81. The summed E-state index contributed by atoms with van der Waals surface area (Å²) in [6.45, 7) is 1.78. The standard InChI is InChI=1S/C22H21FN6O4S/c1-12(25-19(31)15-11-29-7-8-34-22(29)26-15)9-16-27-17(18(30)21(33)28(16)2)20(32)24-10-13-3-5-14(23)6-4-13/h3-8,11-12,30H,9-10H2,1-2H3,(H,24,32)(H,25,31). The number of nitrogens with one attached hydrogen (secondary N) is 2. The molecular weight excluding hydrogens is 463 g/mol. The van der Waals surface area contributed by atoms with Gasteiger partial charge in [-0.1, -0.05) is 12.1 Å². The predicted octanol–water partition coefficient (Wildman–Crippen LogP) is 1.63. The molecule has 176 valence electrons. The van der Waals surface area contributed by atoms with E-state index in [0.717, 1.165) is 4.57 Å². The lowest BCUT2D eigenvalue weighted by molar-refractivity contribution is 0.0926. The van der Waals surface area contributed by atoms with Gasteiger partial charge >= 0.3 is 0 Å². The molecule has 0 spiro atoms. The van der Waals surface area contributed by atoms with Crippen molar-refractivity contribution in [1.29, 1.82) is 0 Å². The number of carbonyl (C=O) groups is 2. The smallest absolute Gasteiger partial charge is 0.296 e. The fraction of sp³-hybridized carbons (Fsp3) is 0.227. The predicted molar refractivity (Wildman–Crippen MR) is 122 cm³/mol. The van der Waals surface area contributed by atoms with Crippen molar-refractivity contribution in [3.8, 4) is 5.75 Å². The zero-order chi connectivity index (χ0) is 24.4. The fourth-order valence-corrected chi connectivity index (χ4v) is 4.00. The number of rotatable bonds is 7. The molecule has 0 saturated carbocycles. The Balaban J connectivity index is 1.47. The van der Waals surface area contributed by atoms with Crippen LogP contribution in [0.1, 0.15) is 39.3 Å². The number of aromatic nitrogens is 4. The van der Waals surface area contributed by atoms with E-state index in [1.807, 2.05) is 5.38 Å². The first-order valence-corrected chi connectivity index (χ1v) is 11.2. The Labute approximate surface area is 196 Å². The molecule has 1 unspecified atom stereocenters. The van der Waals surface area contributed by atoms with Gasteiger partial charge in [-0.05, 0) is 24.6 Å². The van der Waals surface area contributed by atoms with Crippen LogP contribution >= 0.6 is 11.3 Å². The van der Waals surface area contributed by atoms with Gasteiger partial charge in [0.2, 0.25) is 5.75 Å². The van der Waals surface area contributed by atoms with Crippen LogP contribution in [0, 0.1) is 5.82 Å². The molecule has 1 atom stereocenters. The van der Waals surface area contributed by atoms with Crippen LogP contribution in [0.3, 0.4) is 0 Å². The van der Waals surface area contributed by atoms with Crippen LogP contribution in [-0.2, 0) is 20.0 Å². The van der Waals surface area contributed by atoms with Crippen molar-refractivity contribution < 1.29 is 19.1 Å². The molecule has 0 radical (unpaired) electrons. The van der Waals surface area contributed by atoms with E-state index < -0.39 is 34.8 Å². The van der Waals surface area contributed by atoms with Gasteiger partial charge in [-0.3, -0.25) is 23.4 Å². The van der Waals surface area contributed by atoms with Crippen LogP contribution in [0.4, 0.5) is 4.39 Å². The summed E-state index contributed by atoms with van der Waals surface area (Å²) in [5.41, 5.74) is -0.321. The Bertz CT molecular complexity index is 1400. The largest absolute Gasteiger partial charge is 0.501 e. The number of fused-ring (bicyclic) bond motifs is 1. The lowest BCUT2D eigenvalue weighted by Crippen LogP contribution is -2.37. The van der Waals surface area contributed by atoms with Crippen LogP contribution in [0.15, 0.2) is 46.8 Å². The number of nitrogens with zero attached hydrogens (tertiary/aromatic N) is 4. The molecule has 1 aromatic carbocycles. The zero-order valence-electron chi connectivity index (χ0n) is 18.3. The summed E-state index contributed by atoms with van der Waals surface area (Å²) in [5, 5.41) is 17.4. The highest BCUT2D eigenvalue weighted by Crippen LogP contribution is 2.13. The van der Waals surface area contributed by atoms with E-state index in [2.05, 4.69) is 20.6 Å². The Morgan fingerprint density at radius 1 is 1.21 bits per heavy atom. The number of thiazole rings is 1. The first-order valence-electron chi connectivity index (χ1n) is 10.3. The molecule has 0 aliphatic rings. The Morgan fingerprint density at radius 3 is 2.65 bits per heavy atom. The first kappa shape index (κ1) is 23.1. The second-order valence-electron chi connectivity index (χ2n) is 7.70. The Kier molecular flexibility index (Phi) is 6.41. The fourth-order valence-electron chi connectivity index (χ4n) is 3.30. The molecule has 3 N–H and O–H groups in total. The SMILES string of the molecule is CC(Cc1nc(C(=O)NCc2ccc(F)cc2)c(O)c(=O)n1C)NC(=O)c1cn2ccsc2n1. The third-order valence-corrected chi connectivity index (χ3v) is 5.90. The molecule has 12 heteroatoms. The van der Waals surface area contributed by atoms with E-state index in [4.69, 9.17) is 0 Å². The number of hydrogen-bond acceptors (Lipinski definition) is 7. The van der Waals surface area contributed by atoms with Gasteiger partial charge < -0.3 is 15.7 Å². The number of hydrogen-bond donors (Lipinski definition) is 3. The minimum atomic E-state index is -0.787. The summed E-state index contributed by atoms with van der Waals surface area (Å²) >= 11 is 1.40. The summed E-state index contributed by atoms with van der Waals surface area (Å²) in [7, 11) is 1.42. The lowest BCUT2D eigenvalue weighted by atomic mass is 10.2. The molecule has 0 aliphatic carbocycles. The summed E-state index contributed by atoms with van der Waals surface area (Å²) in [6, 6.07) is 5.08. The molecular formula is C22H21FN6O4S. The van der Waals surface area contributed by atoms with Crippen molar-refractivity contribution in [2.45, 2.75) is 25.9 Å². The maximum Gasteiger partial charge on any atom is 0.296 e. The molecule has 4 aromatic rings. The molecule has 0 fully saturated rings. The van der Waals surface area contributed by atoms with Crippen molar-refractivity contribution in [2.24, 2.45) is 7.05 Å². The van der Waals surface area contributed by atoms with Crippen LogP contribution < -0.4 is 16.2 Å². The normalized spacial score (nSPS) is 12.0. The number of amides is 2. The van der Waals surface area contributed by atoms with Crippen LogP contribution in [0.2, 0.25) is 0 Å². The molecule has 3 aromatic heterocycles. The Hall–Kier alpha value is -4.06. The van der Waals surface area contributed by atoms with E-state index in [1.54, 1.807) is 23.7 Å². The topological polar surface area (TPSA) is 131 Å². The molecule has 4 rings (SSSR count). The van der Waals surface area contributed by atoms with Crippen molar-refractivity contribution in [3.05, 3.63) is 81.0 Å². The van der Waals surface area contributed by atoms with Crippen molar-refractivity contribution in [3.63, 3.8) is 0 Å². The maximum absolute atomic E-state index is 13.0. The molecule has 10 nitrogen and oxygen atoms in total. The van der Waals surface area contributed by atoms with Gasteiger partial charge in [0.1, 0.15) is 17.3 Å². The average molecular weight is 485 g/mol. The number of carbonyl (C=O) groups excluding carboxylic acids is 2. The second-order valence-corrected chi connectivity index (χ2v) is 8.57. The number of halogens is 1. The quantitative estimate of drug-likeness (QED) is 0.366. The molecule has 0 bridgehead atoms. The minimum absolute atomic E-state index is 0.0549. The van der Waals surface area contributed by atoms with Crippen LogP contribution in [0.5, 0.6) is 5.75 Å². The van der Waals surface area contributed by atoms with E-state index in [9.17, 15) is 23.9 Å². The summed E-state index contributed by atoms with van der Waals surface area (Å²) in [6.07, 6.45) is 3.54. The van der Waals surface area contributed by atoms with Gasteiger partial charge in [-0.25, -0.2) is 14.4 Å². The van der Waals surface area contributed by atoms with Gasteiger partial charge in [-0.15, -0.1) is 11.3 Å². The highest BCUT2D eigenvalue weighted by Gasteiger charge is 2.22. The van der Waals surface area contributed by atoms with E-state index >= 15 is 0 Å². The first-order chi connectivity index (χ1) is 16.2. The van der Waals surface area contributed by atoms with E-state index in [0.29, 0.717) is 10.5 Å². The minimum Gasteiger partial charge on any atom is -0.501 e. The van der Waals surface area contributed by atoms with E-state index in [-0.39, 0.29) is 30.4 Å². The zero-order valence-corrected chi connectivity index (χ0v) is 19.1. The number of benzene rings is 1. The second kappa shape index (κ2) is 9.43. The third-order valence-electron chi connectivity index (χ3n) is 5.13. The van der Waals surface area contributed by atoms with Crippen LogP contribution in [0.25, 0.3) is 4.96 Å². The monoisotopic (exact) mass is 484 g/mol. The van der Waals surface area contributed by atoms with Gasteiger partial charge in [0, 0.05) is 43.8 Å². The Morgan fingerprint density at radius 2 is 1.94 bits per heavy atom. The lowest BCUT2D eigenvalue weighted by Gasteiger charge is -2.16. The summed E-state index contributed by atoms with van der Waals surface area (Å²) < 4.78 is 15.9. The molecule has 2 amide bonds. The van der Waals surface area contributed by atoms with E-state index in [1.165, 1.54) is 42.6 Å². The molecule has 0 saturated heterocycles. The van der Waals surface area contributed by atoms with Crippen LogP contribution in [-0.4, -0.2) is 41.9 Å². The van der Waals surface area contributed by atoms with Crippen molar-refractivity contribution >= 4 is 28.1 Å². The molecule has 34 heavy (non-hydrogen) atoms. The summed E-state index contributed by atoms with van der Waals surface area (Å²) in [4.78, 5) is 46.7. The van der Waals surface area contributed by atoms with Crippen molar-refractivity contribution in [2.75, 3.05) is 0 Å². The van der Waals surface area contributed by atoms with Gasteiger partial charge in [0.25, 0.3) is 17.4 Å². The summed E-state index contributed by atoms with van der Waals surface area (Å²) in [5.74, 6) is -2.12. The highest BCUT2D eigenvalue weighted by atomic mass is 32.1. The maximum atomic E-state index is 13.0. The average Bonchev–Trinajstić information content (AvgIpc) is 3.41.